The van der Waals surface area contributed by atoms with E-state index in [-0.39, 0.29) is 11.3 Å². The van der Waals surface area contributed by atoms with Crippen molar-refractivity contribution >= 4 is 17.4 Å². The zero-order valence-electron chi connectivity index (χ0n) is 22.3. The number of hydrogen-bond donors (Lipinski definition) is 1. The van der Waals surface area contributed by atoms with Crippen molar-refractivity contribution in [2.24, 2.45) is 0 Å². The van der Waals surface area contributed by atoms with Gasteiger partial charge in [-0.15, -0.1) is 0 Å². The molecular formula is C31H34N2O5. The number of aliphatic hydroxyl groups excluding tert-OH is 1. The second kappa shape index (κ2) is 12.0. The van der Waals surface area contributed by atoms with E-state index < -0.39 is 17.7 Å². The second-order valence-electron chi connectivity index (χ2n) is 9.67. The molecule has 0 unspecified atom stereocenters. The highest BCUT2D eigenvalue weighted by Crippen LogP contribution is 2.40. The molecule has 198 valence electrons. The maximum absolute atomic E-state index is 13.2. The van der Waals surface area contributed by atoms with Gasteiger partial charge < -0.3 is 24.4 Å². The van der Waals surface area contributed by atoms with Crippen molar-refractivity contribution in [3.8, 4) is 11.5 Å². The third-order valence-corrected chi connectivity index (χ3v) is 6.74. The van der Waals surface area contributed by atoms with E-state index >= 15 is 0 Å². The summed E-state index contributed by atoms with van der Waals surface area (Å²) in [4.78, 5) is 30.0. The van der Waals surface area contributed by atoms with Crippen molar-refractivity contribution in [1.29, 1.82) is 0 Å². The van der Waals surface area contributed by atoms with Crippen LogP contribution in [-0.4, -0.2) is 60.9 Å². The zero-order chi connectivity index (χ0) is 27.2. The highest BCUT2D eigenvalue weighted by Gasteiger charge is 2.45. The van der Waals surface area contributed by atoms with Gasteiger partial charge in [-0.3, -0.25) is 9.59 Å². The molecule has 7 heteroatoms. The van der Waals surface area contributed by atoms with E-state index in [2.05, 4.69) is 0 Å². The smallest absolute Gasteiger partial charge is 0.295 e. The normalized spacial score (nSPS) is 16.8. The molecular weight excluding hydrogens is 480 g/mol. The Morgan fingerprint density at radius 3 is 2.39 bits per heavy atom. The molecule has 0 bridgehead atoms. The summed E-state index contributed by atoms with van der Waals surface area (Å²) in [6, 6.07) is 21.5. The van der Waals surface area contributed by atoms with Crippen LogP contribution in [0.2, 0.25) is 0 Å². The number of carbonyl (C=O) groups excluding carboxylic acids is 2. The molecule has 1 atom stereocenters. The molecule has 38 heavy (non-hydrogen) atoms. The lowest BCUT2D eigenvalue weighted by Gasteiger charge is -2.26. The number of methoxy groups -OCH3 is 1. The van der Waals surface area contributed by atoms with Crippen LogP contribution in [0.5, 0.6) is 11.5 Å². The third kappa shape index (κ3) is 5.89. The molecule has 1 fully saturated rings. The van der Waals surface area contributed by atoms with Crippen molar-refractivity contribution in [3.63, 3.8) is 0 Å². The van der Waals surface area contributed by atoms with Gasteiger partial charge in [0.15, 0.2) is 0 Å². The van der Waals surface area contributed by atoms with Gasteiger partial charge in [0.25, 0.3) is 11.7 Å². The van der Waals surface area contributed by atoms with Crippen LogP contribution < -0.4 is 9.47 Å². The number of ether oxygens (including phenoxy) is 2. The minimum atomic E-state index is -0.718. The number of nitrogens with zero attached hydrogens (tertiary/aromatic N) is 2. The SMILES string of the molecule is COc1cccc([C@H]2/C(=C(\O)c3ccc(OCc4ccccc4C)cc3)C(=O)C(=O)N2CCCN(C)C)c1. The number of likely N-dealkylation sites (tertiary alicyclic amines) is 1. The first kappa shape index (κ1) is 26.9. The molecule has 1 amide bonds. The summed E-state index contributed by atoms with van der Waals surface area (Å²) in [7, 11) is 5.49. The molecule has 0 saturated carbocycles. The minimum absolute atomic E-state index is 0.0710. The average molecular weight is 515 g/mol. The Kier molecular flexibility index (Phi) is 8.48. The molecule has 1 N–H and O–H groups in total. The number of carbonyl (C=O) groups is 2. The lowest BCUT2D eigenvalue weighted by atomic mass is 9.95. The maximum Gasteiger partial charge on any atom is 0.295 e. The Labute approximate surface area is 223 Å². The van der Waals surface area contributed by atoms with E-state index in [4.69, 9.17) is 9.47 Å². The monoisotopic (exact) mass is 514 g/mol. The summed E-state index contributed by atoms with van der Waals surface area (Å²) >= 11 is 0. The molecule has 0 aromatic heterocycles. The standard InChI is InChI=1S/C31H34N2O5/c1-21-9-5-6-10-24(21)20-38-25-15-13-22(14-16-25)29(34)27-28(23-11-7-12-26(19-23)37-4)33(31(36)30(27)35)18-8-17-32(2)3/h5-7,9-16,19,28,34H,8,17-18,20H2,1-4H3/b29-27+/t28-/m0/s1. The summed E-state index contributed by atoms with van der Waals surface area (Å²) in [6.45, 7) is 3.60. The summed E-state index contributed by atoms with van der Waals surface area (Å²) in [6.07, 6.45) is 0.688. The van der Waals surface area contributed by atoms with Crippen molar-refractivity contribution in [2.45, 2.75) is 26.0 Å². The summed E-state index contributed by atoms with van der Waals surface area (Å²) in [5.41, 5.74) is 3.45. The van der Waals surface area contributed by atoms with Crippen molar-refractivity contribution in [1.82, 2.24) is 9.80 Å². The Balaban J connectivity index is 1.65. The van der Waals surface area contributed by atoms with Gasteiger partial charge >= 0.3 is 0 Å². The second-order valence-corrected chi connectivity index (χ2v) is 9.67. The van der Waals surface area contributed by atoms with Crippen LogP contribution in [0, 0.1) is 6.92 Å². The molecule has 7 nitrogen and oxygen atoms in total. The van der Waals surface area contributed by atoms with Gasteiger partial charge in [-0.1, -0.05) is 36.4 Å². The fraction of sp³-hybridized carbons (Fsp3) is 0.290. The predicted octanol–water partition coefficient (Wildman–Crippen LogP) is 4.96. The Hall–Kier alpha value is -4.10. The number of ketones is 1. The van der Waals surface area contributed by atoms with Gasteiger partial charge in [-0.25, -0.2) is 0 Å². The predicted molar refractivity (Wildman–Crippen MR) is 147 cm³/mol. The quantitative estimate of drug-likeness (QED) is 0.234. The van der Waals surface area contributed by atoms with E-state index in [1.54, 1.807) is 48.4 Å². The maximum atomic E-state index is 13.2. The van der Waals surface area contributed by atoms with E-state index in [9.17, 15) is 14.7 Å². The van der Waals surface area contributed by atoms with Crippen molar-refractivity contribution in [3.05, 3.63) is 101 Å². The van der Waals surface area contributed by atoms with Crippen molar-refractivity contribution in [2.75, 3.05) is 34.3 Å². The number of aliphatic hydroxyl groups is 1. The van der Waals surface area contributed by atoms with E-state index in [0.717, 1.165) is 17.7 Å². The lowest BCUT2D eigenvalue weighted by molar-refractivity contribution is -0.139. The van der Waals surface area contributed by atoms with Gasteiger partial charge in [0.1, 0.15) is 23.9 Å². The Morgan fingerprint density at radius 1 is 0.974 bits per heavy atom. The average Bonchev–Trinajstić information content (AvgIpc) is 3.17. The third-order valence-electron chi connectivity index (χ3n) is 6.74. The van der Waals surface area contributed by atoms with Crippen LogP contribution in [0.1, 0.15) is 34.7 Å². The van der Waals surface area contributed by atoms with Gasteiger partial charge in [-0.2, -0.15) is 0 Å². The number of benzene rings is 3. The first-order valence-electron chi connectivity index (χ1n) is 12.6. The van der Waals surface area contributed by atoms with Crippen molar-refractivity contribution < 1.29 is 24.2 Å². The van der Waals surface area contributed by atoms with E-state index in [1.807, 2.05) is 62.3 Å². The number of aryl methyl sites for hydroxylation is 1. The van der Waals surface area contributed by atoms with Gasteiger partial charge in [0.05, 0.1) is 18.7 Å². The van der Waals surface area contributed by atoms with E-state index in [1.165, 1.54) is 0 Å². The van der Waals surface area contributed by atoms with Gasteiger partial charge in [0, 0.05) is 12.1 Å². The summed E-state index contributed by atoms with van der Waals surface area (Å²) in [5.74, 6) is -0.275. The molecule has 1 saturated heterocycles. The molecule has 3 aromatic carbocycles. The zero-order valence-corrected chi connectivity index (χ0v) is 22.3. The highest BCUT2D eigenvalue weighted by molar-refractivity contribution is 6.46. The molecule has 1 aliphatic rings. The van der Waals surface area contributed by atoms with Crippen LogP contribution in [0.3, 0.4) is 0 Å². The van der Waals surface area contributed by atoms with Crippen LogP contribution in [0.25, 0.3) is 5.76 Å². The molecule has 4 rings (SSSR count). The van der Waals surface area contributed by atoms with E-state index in [0.29, 0.717) is 42.2 Å². The molecule has 0 spiro atoms. The molecule has 0 radical (unpaired) electrons. The highest BCUT2D eigenvalue weighted by atomic mass is 16.5. The number of rotatable bonds is 10. The Bertz CT molecular complexity index is 1330. The molecule has 0 aliphatic carbocycles. The fourth-order valence-electron chi connectivity index (χ4n) is 4.62. The van der Waals surface area contributed by atoms with Gasteiger partial charge in [0.2, 0.25) is 0 Å². The molecule has 1 aliphatic heterocycles. The summed E-state index contributed by atoms with van der Waals surface area (Å²) in [5, 5.41) is 11.3. The number of Topliss-reactive ketones (excluding diaryl/α,β-unsaturated/α-hetero) is 1. The lowest BCUT2D eigenvalue weighted by Crippen LogP contribution is -2.32. The van der Waals surface area contributed by atoms with Crippen LogP contribution in [-0.2, 0) is 16.2 Å². The minimum Gasteiger partial charge on any atom is -0.507 e. The number of amides is 1. The molecule has 3 aromatic rings. The van der Waals surface area contributed by atoms with Crippen LogP contribution in [0.15, 0.2) is 78.4 Å². The van der Waals surface area contributed by atoms with Crippen LogP contribution >= 0.6 is 0 Å². The first-order valence-corrected chi connectivity index (χ1v) is 12.6. The fourth-order valence-corrected chi connectivity index (χ4v) is 4.62. The largest absolute Gasteiger partial charge is 0.507 e. The van der Waals surface area contributed by atoms with Crippen LogP contribution in [0.4, 0.5) is 0 Å². The summed E-state index contributed by atoms with van der Waals surface area (Å²) < 4.78 is 11.3. The topological polar surface area (TPSA) is 79.3 Å². The molecule has 1 heterocycles. The van der Waals surface area contributed by atoms with Gasteiger partial charge in [-0.05, 0) is 87.1 Å². The number of hydrogen-bond acceptors (Lipinski definition) is 6. The first-order chi connectivity index (χ1) is 18.3. The Morgan fingerprint density at radius 2 is 1.71 bits per heavy atom.